The molecule has 0 heterocycles. The Labute approximate surface area is 149 Å². The summed E-state index contributed by atoms with van der Waals surface area (Å²) < 4.78 is 59.5. The molecular formula is C16H21F3NO5P. The number of unbranched alkanes of at least 4 members (excludes halogenated alkanes) is 1. The van der Waals surface area contributed by atoms with Crippen molar-refractivity contribution in [3.05, 3.63) is 29.3 Å². The molecule has 0 aliphatic carbocycles. The molecule has 0 saturated carbocycles. The zero-order chi connectivity index (χ0) is 20.0. The van der Waals surface area contributed by atoms with Crippen LogP contribution in [0.4, 0.5) is 13.2 Å². The molecule has 1 aromatic rings. The summed E-state index contributed by atoms with van der Waals surface area (Å²) in [6, 6.07) is 2.32. The zero-order valence-corrected chi connectivity index (χ0v) is 15.6. The Morgan fingerprint density at radius 1 is 1.19 bits per heavy atom. The highest BCUT2D eigenvalue weighted by atomic mass is 31.2. The molecule has 1 amide bonds. The van der Waals surface area contributed by atoms with Crippen LogP contribution in [0.3, 0.4) is 0 Å². The quantitative estimate of drug-likeness (QED) is 0.314. The number of hydrogen-bond donors (Lipinski definition) is 1. The lowest BCUT2D eigenvalue weighted by Crippen LogP contribution is -2.25. The van der Waals surface area contributed by atoms with Crippen LogP contribution >= 0.6 is 7.37 Å². The summed E-state index contributed by atoms with van der Waals surface area (Å²) in [5, 5.41) is 2.53. The molecule has 0 aliphatic heterocycles. The highest BCUT2D eigenvalue weighted by molar-refractivity contribution is 7.57. The van der Waals surface area contributed by atoms with Crippen LogP contribution in [0.15, 0.2) is 18.2 Å². The minimum absolute atomic E-state index is 0.170. The number of nitrogens with one attached hydrogen (secondary N) is 1. The Morgan fingerprint density at radius 2 is 1.85 bits per heavy atom. The summed E-state index contributed by atoms with van der Waals surface area (Å²) in [6.07, 6.45) is -3.55. The summed E-state index contributed by atoms with van der Waals surface area (Å²) in [6.45, 7) is 4.54. The van der Waals surface area contributed by atoms with Crippen LogP contribution in [0, 0.1) is 0 Å². The van der Waals surface area contributed by atoms with Crippen LogP contribution < -0.4 is 10.1 Å². The summed E-state index contributed by atoms with van der Waals surface area (Å²) in [5.74, 6) is -1.95. The van der Waals surface area contributed by atoms with Crippen molar-refractivity contribution in [2.45, 2.75) is 25.9 Å². The van der Waals surface area contributed by atoms with E-state index in [4.69, 9.17) is 9.26 Å². The average Bonchev–Trinajstić information content (AvgIpc) is 2.47. The van der Waals surface area contributed by atoms with Crippen LogP contribution in [-0.2, 0) is 20.1 Å². The smallest absolute Gasteiger partial charge is 0.416 e. The van der Waals surface area contributed by atoms with Crippen molar-refractivity contribution in [1.29, 1.82) is 0 Å². The molecule has 146 valence electrons. The summed E-state index contributed by atoms with van der Waals surface area (Å²) in [4.78, 5) is 23.2. The Bertz CT molecular complexity index is 700. The van der Waals surface area contributed by atoms with Gasteiger partial charge in [0.2, 0.25) is 0 Å². The number of alkyl halides is 3. The molecule has 0 saturated heterocycles. The second-order valence-corrected chi connectivity index (χ2v) is 8.61. The third-order valence-corrected chi connectivity index (χ3v) is 3.87. The van der Waals surface area contributed by atoms with Crippen molar-refractivity contribution in [3.8, 4) is 5.75 Å². The predicted octanol–water partition coefficient (Wildman–Crippen LogP) is 3.70. The fourth-order valence-electron chi connectivity index (χ4n) is 1.93. The first-order valence-corrected chi connectivity index (χ1v) is 10.3. The van der Waals surface area contributed by atoms with Crippen molar-refractivity contribution in [2.75, 3.05) is 26.5 Å². The molecule has 0 fully saturated rings. The first-order valence-electron chi connectivity index (χ1n) is 7.77. The van der Waals surface area contributed by atoms with Gasteiger partial charge in [0.05, 0.1) is 17.7 Å². The van der Waals surface area contributed by atoms with Gasteiger partial charge in [-0.25, -0.2) is 0 Å². The van der Waals surface area contributed by atoms with E-state index in [1.807, 2.05) is 0 Å². The van der Waals surface area contributed by atoms with Gasteiger partial charge < -0.3 is 14.6 Å². The molecule has 0 atom stereocenters. The number of carbonyl (C=O) groups excluding carboxylic acids is 2. The van der Waals surface area contributed by atoms with E-state index in [0.717, 1.165) is 19.1 Å². The van der Waals surface area contributed by atoms with Crippen molar-refractivity contribution < 1.29 is 36.6 Å². The van der Waals surface area contributed by atoms with Crippen LogP contribution in [0.2, 0.25) is 0 Å². The number of carbonyl (C=O) groups is 2. The van der Waals surface area contributed by atoms with Crippen molar-refractivity contribution in [3.63, 3.8) is 0 Å². The van der Waals surface area contributed by atoms with Gasteiger partial charge >= 0.3 is 12.1 Å². The lowest BCUT2D eigenvalue weighted by Gasteiger charge is -2.13. The van der Waals surface area contributed by atoms with E-state index < -0.39 is 36.7 Å². The van der Waals surface area contributed by atoms with Crippen LogP contribution in [0.25, 0.3) is 0 Å². The van der Waals surface area contributed by atoms with Crippen molar-refractivity contribution in [2.24, 2.45) is 0 Å². The van der Waals surface area contributed by atoms with Gasteiger partial charge in [0.15, 0.2) is 7.37 Å². The first-order chi connectivity index (χ1) is 11.9. The van der Waals surface area contributed by atoms with Gasteiger partial charge in [-0.2, -0.15) is 13.2 Å². The Hall–Kier alpha value is -1.86. The molecule has 6 nitrogen and oxygen atoms in total. The maximum atomic E-state index is 12.8. The van der Waals surface area contributed by atoms with E-state index in [2.05, 4.69) is 5.32 Å². The van der Waals surface area contributed by atoms with Gasteiger partial charge in [-0.1, -0.05) is 0 Å². The number of esters is 1. The Balaban J connectivity index is 2.69. The van der Waals surface area contributed by atoms with E-state index in [1.54, 1.807) is 0 Å². The molecule has 0 unspecified atom stereocenters. The number of halogens is 3. The molecule has 10 heteroatoms. The van der Waals surface area contributed by atoms with E-state index in [0.29, 0.717) is 18.9 Å². The van der Waals surface area contributed by atoms with Crippen LogP contribution in [-0.4, -0.2) is 38.4 Å². The third-order valence-electron chi connectivity index (χ3n) is 3.07. The van der Waals surface area contributed by atoms with Gasteiger partial charge in [0, 0.05) is 26.8 Å². The predicted molar refractivity (Wildman–Crippen MR) is 89.7 cm³/mol. The van der Waals surface area contributed by atoms with E-state index >= 15 is 0 Å². The standard InChI is InChI=1S/C16H21F3NO5P/c1-11(21)25-14-10-12(16(17,18)19)6-7-13(14)15(22)20-8-4-5-9-24-26(2,3)23/h6-7,10H,4-5,8-9H2,1-3H3,(H,20,22). The minimum atomic E-state index is -4.62. The summed E-state index contributed by atoms with van der Waals surface area (Å²) in [7, 11) is -2.55. The van der Waals surface area contributed by atoms with Gasteiger partial charge in [-0.05, 0) is 31.0 Å². The minimum Gasteiger partial charge on any atom is -0.426 e. The lowest BCUT2D eigenvalue weighted by atomic mass is 10.1. The molecule has 0 aromatic heterocycles. The molecular weight excluding hydrogens is 374 g/mol. The second-order valence-electron chi connectivity index (χ2n) is 5.85. The maximum Gasteiger partial charge on any atom is 0.416 e. The number of hydrogen-bond acceptors (Lipinski definition) is 5. The fourth-order valence-corrected chi connectivity index (χ4v) is 2.50. The normalized spacial score (nSPS) is 11.9. The molecule has 0 radical (unpaired) electrons. The van der Waals surface area contributed by atoms with Gasteiger partial charge in [0.1, 0.15) is 5.75 Å². The fraction of sp³-hybridized carbons (Fsp3) is 0.500. The third kappa shape index (κ3) is 8.01. The number of rotatable bonds is 8. The van der Waals surface area contributed by atoms with E-state index in [-0.39, 0.29) is 18.7 Å². The van der Waals surface area contributed by atoms with Crippen molar-refractivity contribution >= 4 is 19.2 Å². The Morgan fingerprint density at radius 3 is 2.38 bits per heavy atom. The molecule has 1 aromatic carbocycles. The maximum absolute atomic E-state index is 12.8. The van der Waals surface area contributed by atoms with E-state index in [1.165, 1.54) is 13.3 Å². The molecule has 0 aliphatic rings. The number of benzene rings is 1. The van der Waals surface area contributed by atoms with E-state index in [9.17, 15) is 27.3 Å². The highest BCUT2D eigenvalue weighted by Gasteiger charge is 2.32. The monoisotopic (exact) mass is 395 g/mol. The number of amides is 1. The molecule has 0 spiro atoms. The Kier molecular flexibility index (Phi) is 7.84. The first kappa shape index (κ1) is 22.2. The molecule has 1 rings (SSSR count). The van der Waals surface area contributed by atoms with Crippen LogP contribution in [0.5, 0.6) is 5.75 Å². The topological polar surface area (TPSA) is 81.7 Å². The largest absolute Gasteiger partial charge is 0.426 e. The second kappa shape index (κ2) is 9.19. The highest BCUT2D eigenvalue weighted by Crippen LogP contribution is 2.37. The van der Waals surface area contributed by atoms with Crippen molar-refractivity contribution in [1.82, 2.24) is 5.32 Å². The van der Waals surface area contributed by atoms with Gasteiger partial charge in [-0.15, -0.1) is 0 Å². The molecule has 26 heavy (non-hydrogen) atoms. The van der Waals surface area contributed by atoms with Gasteiger partial charge in [-0.3, -0.25) is 14.2 Å². The van der Waals surface area contributed by atoms with Gasteiger partial charge in [0.25, 0.3) is 5.91 Å². The summed E-state index contributed by atoms with van der Waals surface area (Å²) in [5.41, 5.74) is -1.19. The average molecular weight is 395 g/mol. The zero-order valence-electron chi connectivity index (χ0n) is 14.7. The molecule has 0 bridgehead atoms. The SMILES string of the molecule is CC(=O)Oc1cc(C(F)(F)F)ccc1C(=O)NCCCCOP(C)(C)=O. The number of ether oxygens (including phenoxy) is 1. The van der Waals surface area contributed by atoms with Crippen LogP contribution in [0.1, 0.15) is 35.7 Å². The lowest BCUT2D eigenvalue weighted by molar-refractivity contribution is -0.138. The molecule has 1 N–H and O–H groups in total. The summed E-state index contributed by atoms with van der Waals surface area (Å²) >= 11 is 0.